The Bertz CT molecular complexity index is 1500. The van der Waals surface area contributed by atoms with Gasteiger partial charge in [-0.05, 0) is 59.4 Å². The summed E-state index contributed by atoms with van der Waals surface area (Å²) >= 11 is 0. The number of carbonyl (C=O) groups is 4. The molecule has 8 nitrogen and oxygen atoms in total. The SMILES string of the molecule is CCCC(=O)c1ccc(-c2ccc(OC(=O)CCOCCOCCC(=O)Oc3ccc(-c4ccc(C(=O)CCC)cc4)cc3)cc2)cc1. The molecular formula is C40H42O8. The van der Waals surface area contributed by atoms with E-state index >= 15 is 0 Å². The first-order chi connectivity index (χ1) is 23.4. The number of carbonyl (C=O) groups excluding carboxylic acids is 4. The number of Topliss-reactive ketones (excluding diaryl/α,β-unsaturated/α-hetero) is 2. The van der Waals surface area contributed by atoms with Gasteiger partial charge in [0.15, 0.2) is 11.6 Å². The first kappa shape index (κ1) is 35.9. The van der Waals surface area contributed by atoms with Gasteiger partial charge in [0, 0.05) is 24.0 Å². The number of esters is 2. The maximum atomic E-state index is 12.2. The molecule has 0 saturated carbocycles. The Morgan fingerprint density at radius 1 is 0.417 bits per heavy atom. The first-order valence-corrected chi connectivity index (χ1v) is 16.4. The summed E-state index contributed by atoms with van der Waals surface area (Å²) in [6.07, 6.45) is 2.90. The predicted molar refractivity (Wildman–Crippen MR) is 184 cm³/mol. The summed E-state index contributed by atoms with van der Waals surface area (Å²) in [5.74, 6) is 0.347. The van der Waals surface area contributed by atoms with E-state index in [4.69, 9.17) is 18.9 Å². The molecule has 4 rings (SSSR count). The lowest BCUT2D eigenvalue weighted by Crippen LogP contribution is -2.15. The normalized spacial score (nSPS) is 10.8. The van der Waals surface area contributed by atoms with E-state index in [-0.39, 0.29) is 50.8 Å². The van der Waals surface area contributed by atoms with Crippen LogP contribution in [0.4, 0.5) is 0 Å². The van der Waals surface area contributed by atoms with Gasteiger partial charge in [0.05, 0.1) is 39.3 Å². The molecule has 0 aliphatic carbocycles. The van der Waals surface area contributed by atoms with Crippen molar-refractivity contribution in [2.45, 2.75) is 52.4 Å². The molecule has 0 bridgehead atoms. The van der Waals surface area contributed by atoms with Crippen molar-refractivity contribution in [2.75, 3.05) is 26.4 Å². The molecular weight excluding hydrogens is 608 g/mol. The van der Waals surface area contributed by atoms with Crippen molar-refractivity contribution in [1.29, 1.82) is 0 Å². The second-order valence-electron chi connectivity index (χ2n) is 11.2. The molecule has 0 saturated heterocycles. The smallest absolute Gasteiger partial charge is 0.313 e. The minimum Gasteiger partial charge on any atom is -0.426 e. The summed E-state index contributed by atoms with van der Waals surface area (Å²) in [5.41, 5.74) is 5.27. The van der Waals surface area contributed by atoms with Crippen LogP contribution in [0, 0.1) is 0 Å². The van der Waals surface area contributed by atoms with Gasteiger partial charge in [-0.15, -0.1) is 0 Å². The molecule has 0 aliphatic heterocycles. The number of hydrogen-bond donors (Lipinski definition) is 0. The van der Waals surface area contributed by atoms with Gasteiger partial charge in [-0.25, -0.2) is 0 Å². The largest absolute Gasteiger partial charge is 0.426 e. The Balaban J connectivity index is 1.05. The van der Waals surface area contributed by atoms with Crippen LogP contribution < -0.4 is 9.47 Å². The second-order valence-corrected chi connectivity index (χ2v) is 11.2. The molecule has 0 fully saturated rings. The van der Waals surface area contributed by atoms with Crippen LogP contribution in [0.15, 0.2) is 97.1 Å². The highest BCUT2D eigenvalue weighted by Crippen LogP contribution is 2.25. The van der Waals surface area contributed by atoms with Gasteiger partial charge in [-0.2, -0.15) is 0 Å². The Kier molecular flexibility index (Phi) is 14.2. The molecule has 8 heteroatoms. The van der Waals surface area contributed by atoms with Crippen molar-refractivity contribution in [2.24, 2.45) is 0 Å². The number of ketones is 2. The van der Waals surface area contributed by atoms with Crippen LogP contribution in [-0.4, -0.2) is 49.9 Å². The van der Waals surface area contributed by atoms with Gasteiger partial charge in [0.1, 0.15) is 11.5 Å². The van der Waals surface area contributed by atoms with Gasteiger partial charge in [0.2, 0.25) is 0 Å². The topological polar surface area (TPSA) is 105 Å². The van der Waals surface area contributed by atoms with Crippen LogP contribution in [0.1, 0.15) is 73.1 Å². The summed E-state index contributed by atoms with van der Waals surface area (Å²) in [5, 5.41) is 0. The molecule has 0 heterocycles. The molecule has 4 aromatic carbocycles. The molecule has 250 valence electrons. The fraction of sp³-hybridized carbons (Fsp3) is 0.300. The molecule has 0 amide bonds. The third kappa shape index (κ3) is 11.4. The highest BCUT2D eigenvalue weighted by molar-refractivity contribution is 5.97. The summed E-state index contributed by atoms with van der Waals surface area (Å²) in [6.45, 7) is 4.88. The zero-order valence-corrected chi connectivity index (χ0v) is 27.6. The molecule has 0 N–H and O–H groups in total. The Hall–Kier alpha value is -4.92. The molecule has 0 unspecified atom stereocenters. The van der Waals surface area contributed by atoms with Crippen molar-refractivity contribution in [3.05, 3.63) is 108 Å². The minimum atomic E-state index is -0.407. The quantitative estimate of drug-likeness (QED) is 0.0432. The molecule has 0 atom stereocenters. The summed E-state index contributed by atoms with van der Waals surface area (Å²) in [7, 11) is 0. The Labute approximate surface area is 282 Å². The van der Waals surface area contributed by atoms with Gasteiger partial charge in [-0.3, -0.25) is 19.2 Å². The van der Waals surface area contributed by atoms with E-state index in [0.717, 1.165) is 35.1 Å². The van der Waals surface area contributed by atoms with Crippen molar-refractivity contribution < 1.29 is 38.1 Å². The zero-order valence-electron chi connectivity index (χ0n) is 27.6. The maximum Gasteiger partial charge on any atom is 0.313 e. The molecule has 0 aliphatic rings. The maximum absolute atomic E-state index is 12.2. The van der Waals surface area contributed by atoms with Crippen LogP contribution in [0.5, 0.6) is 11.5 Å². The highest BCUT2D eigenvalue weighted by Gasteiger charge is 2.10. The van der Waals surface area contributed by atoms with E-state index in [9.17, 15) is 19.2 Å². The summed E-state index contributed by atoms with van der Waals surface area (Å²) in [6, 6.07) is 29.4. The lowest BCUT2D eigenvalue weighted by atomic mass is 10.0. The van der Waals surface area contributed by atoms with E-state index in [0.29, 0.717) is 35.5 Å². The fourth-order valence-corrected chi connectivity index (χ4v) is 4.87. The lowest BCUT2D eigenvalue weighted by Gasteiger charge is -2.08. The molecule has 0 spiro atoms. The van der Waals surface area contributed by atoms with Crippen molar-refractivity contribution >= 4 is 23.5 Å². The lowest BCUT2D eigenvalue weighted by molar-refractivity contribution is -0.137. The average Bonchev–Trinajstić information content (AvgIpc) is 3.10. The highest BCUT2D eigenvalue weighted by atomic mass is 16.6. The number of hydrogen-bond acceptors (Lipinski definition) is 8. The third-order valence-electron chi connectivity index (χ3n) is 7.48. The minimum absolute atomic E-state index is 0.0874. The van der Waals surface area contributed by atoms with E-state index < -0.39 is 11.9 Å². The Morgan fingerprint density at radius 3 is 1.04 bits per heavy atom. The zero-order chi connectivity index (χ0) is 34.1. The second kappa shape index (κ2) is 19.0. The van der Waals surface area contributed by atoms with Crippen LogP contribution in [0.2, 0.25) is 0 Å². The van der Waals surface area contributed by atoms with Crippen molar-refractivity contribution in [3.8, 4) is 33.8 Å². The van der Waals surface area contributed by atoms with Crippen molar-refractivity contribution in [3.63, 3.8) is 0 Å². The van der Waals surface area contributed by atoms with Crippen molar-refractivity contribution in [1.82, 2.24) is 0 Å². The van der Waals surface area contributed by atoms with Gasteiger partial charge < -0.3 is 18.9 Å². The van der Waals surface area contributed by atoms with Crippen LogP contribution >= 0.6 is 0 Å². The number of benzene rings is 4. The fourth-order valence-electron chi connectivity index (χ4n) is 4.87. The van der Waals surface area contributed by atoms with Crippen LogP contribution in [0.25, 0.3) is 22.3 Å². The predicted octanol–water partition coefficient (Wildman–Crippen LogP) is 8.31. The number of ether oxygens (including phenoxy) is 4. The third-order valence-corrected chi connectivity index (χ3v) is 7.48. The Morgan fingerprint density at radius 2 is 0.729 bits per heavy atom. The van der Waals surface area contributed by atoms with Gasteiger partial charge in [-0.1, -0.05) is 86.6 Å². The summed E-state index contributed by atoms with van der Waals surface area (Å²) in [4.78, 5) is 48.5. The summed E-state index contributed by atoms with van der Waals surface area (Å²) < 4.78 is 21.7. The molecule has 48 heavy (non-hydrogen) atoms. The van der Waals surface area contributed by atoms with E-state index in [1.165, 1.54) is 0 Å². The van der Waals surface area contributed by atoms with Crippen LogP contribution in [-0.2, 0) is 19.1 Å². The monoisotopic (exact) mass is 650 g/mol. The standard InChI is InChI=1S/C40H42O8/c1-3-5-37(41)33-11-7-29(8-12-33)31-15-19-35(20-16-31)47-39(43)23-25-45-27-28-46-26-24-40(44)48-36-21-17-32(18-22-36)30-9-13-34(14-10-30)38(42)6-4-2/h7-22H,3-6,23-28H2,1-2H3. The molecule has 0 aromatic heterocycles. The van der Waals surface area contributed by atoms with Gasteiger partial charge >= 0.3 is 11.9 Å². The molecule has 4 aromatic rings. The molecule has 0 radical (unpaired) electrons. The average molecular weight is 651 g/mol. The van der Waals surface area contributed by atoms with E-state index in [1.54, 1.807) is 24.3 Å². The first-order valence-electron chi connectivity index (χ1n) is 16.4. The van der Waals surface area contributed by atoms with E-state index in [1.807, 2.05) is 86.6 Å². The van der Waals surface area contributed by atoms with Crippen LogP contribution in [0.3, 0.4) is 0 Å². The van der Waals surface area contributed by atoms with Gasteiger partial charge in [0.25, 0.3) is 0 Å². The number of rotatable bonds is 19. The van der Waals surface area contributed by atoms with E-state index in [2.05, 4.69) is 0 Å².